The fraction of sp³-hybridized carbons (Fsp3) is 0.200. The van der Waals surface area contributed by atoms with Crippen molar-refractivity contribution in [1.29, 1.82) is 0 Å². The highest BCUT2D eigenvalue weighted by molar-refractivity contribution is 6.42. The third-order valence-corrected chi connectivity index (χ3v) is 5.13. The molecule has 0 saturated carbocycles. The molecule has 0 atom stereocenters. The number of hydrogen-bond donors (Lipinski definition) is 3. The number of amides is 3. The van der Waals surface area contributed by atoms with Crippen LogP contribution in [0.1, 0.15) is 26.0 Å². The fourth-order valence-corrected chi connectivity index (χ4v) is 3.42. The molecule has 3 rings (SSSR count). The number of nitrogens with one attached hydrogen (secondary N) is 3. The minimum atomic E-state index is -0.903. The van der Waals surface area contributed by atoms with Gasteiger partial charge in [-0.25, -0.2) is 0 Å². The fourth-order valence-electron chi connectivity index (χ4n) is 3.30. The van der Waals surface area contributed by atoms with E-state index in [9.17, 15) is 19.2 Å². The van der Waals surface area contributed by atoms with Gasteiger partial charge in [-0.2, -0.15) is 0 Å². The van der Waals surface area contributed by atoms with Crippen molar-refractivity contribution in [2.75, 3.05) is 22.7 Å². The number of benzene rings is 2. The van der Waals surface area contributed by atoms with Crippen molar-refractivity contribution >= 4 is 46.7 Å². The maximum atomic E-state index is 12.7. The molecule has 2 aromatic carbocycles. The predicted octanol–water partition coefficient (Wildman–Crippen LogP) is 3.97. The molecule has 1 aromatic heterocycles. The van der Waals surface area contributed by atoms with E-state index >= 15 is 0 Å². The smallest absolute Gasteiger partial charge is 0.328 e. The lowest BCUT2D eigenvalue weighted by Crippen LogP contribution is -2.35. The summed E-state index contributed by atoms with van der Waals surface area (Å²) in [6, 6.07) is 16.9. The molecular formula is C25H25ClN4O5. The molecule has 0 unspecified atom stereocenters. The Balaban J connectivity index is 1.77. The molecule has 0 spiro atoms. The Morgan fingerprint density at radius 2 is 1.49 bits per heavy atom. The highest BCUT2D eigenvalue weighted by Crippen LogP contribution is 2.24. The van der Waals surface area contributed by atoms with E-state index in [2.05, 4.69) is 16.1 Å². The van der Waals surface area contributed by atoms with Crippen molar-refractivity contribution < 1.29 is 23.9 Å². The Labute approximate surface area is 207 Å². The lowest BCUT2D eigenvalue weighted by molar-refractivity contribution is -0.143. The van der Waals surface area contributed by atoms with Crippen LogP contribution in [0.3, 0.4) is 0 Å². The second kappa shape index (κ2) is 11.8. The molecule has 0 radical (unpaired) electrons. The number of ether oxygens (including phenoxy) is 1. The second-order valence-electron chi connectivity index (χ2n) is 7.51. The zero-order valence-electron chi connectivity index (χ0n) is 19.3. The first-order chi connectivity index (χ1) is 16.8. The average Bonchev–Trinajstić information content (AvgIpc) is 3.21. The number of rotatable bonds is 8. The van der Waals surface area contributed by atoms with E-state index < -0.39 is 11.8 Å². The van der Waals surface area contributed by atoms with Gasteiger partial charge in [-0.05, 0) is 55.5 Å². The first-order valence-electron chi connectivity index (χ1n) is 10.9. The monoisotopic (exact) mass is 496 g/mol. The normalized spacial score (nSPS) is 10.4. The van der Waals surface area contributed by atoms with Crippen LogP contribution in [0, 0.1) is 0 Å². The van der Waals surface area contributed by atoms with Gasteiger partial charge < -0.3 is 15.4 Å². The van der Waals surface area contributed by atoms with Crippen LogP contribution >= 0.6 is 11.6 Å². The third-order valence-electron chi connectivity index (χ3n) is 4.87. The van der Waals surface area contributed by atoms with Crippen LogP contribution in [0.15, 0.2) is 60.7 Å². The molecule has 3 N–H and O–H groups in total. The number of anilines is 2. The van der Waals surface area contributed by atoms with Gasteiger partial charge in [-0.1, -0.05) is 23.7 Å². The zero-order chi connectivity index (χ0) is 25.4. The van der Waals surface area contributed by atoms with Crippen LogP contribution in [0.4, 0.5) is 11.4 Å². The number of hydrogen-bond acceptors (Lipinski definition) is 5. The Morgan fingerprint density at radius 1 is 0.857 bits per heavy atom. The number of esters is 1. The van der Waals surface area contributed by atoms with Gasteiger partial charge in [-0.3, -0.25) is 29.3 Å². The van der Waals surface area contributed by atoms with Crippen molar-refractivity contribution in [3.63, 3.8) is 0 Å². The maximum absolute atomic E-state index is 12.7. The summed E-state index contributed by atoms with van der Waals surface area (Å²) in [7, 11) is 0. The summed E-state index contributed by atoms with van der Waals surface area (Å²) in [6.07, 6.45) is 0.402. The molecule has 3 aromatic rings. The van der Waals surface area contributed by atoms with E-state index in [-0.39, 0.29) is 24.9 Å². The van der Waals surface area contributed by atoms with Crippen LogP contribution in [0.25, 0.3) is 11.3 Å². The maximum Gasteiger partial charge on any atom is 0.328 e. The molecule has 0 bridgehead atoms. The second-order valence-corrected chi connectivity index (χ2v) is 7.95. The van der Waals surface area contributed by atoms with E-state index in [1.807, 2.05) is 0 Å². The van der Waals surface area contributed by atoms with Gasteiger partial charge in [0, 0.05) is 41.0 Å². The molecule has 0 fully saturated rings. The van der Waals surface area contributed by atoms with Gasteiger partial charge in [-0.15, -0.1) is 0 Å². The molecular weight excluding hydrogens is 472 g/mol. The summed E-state index contributed by atoms with van der Waals surface area (Å²) in [5.74, 6) is -2.37. The average molecular weight is 497 g/mol. The van der Waals surface area contributed by atoms with Gasteiger partial charge >= 0.3 is 17.8 Å². The van der Waals surface area contributed by atoms with Crippen LogP contribution < -0.4 is 16.1 Å². The number of aryl methyl sites for hydroxylation is 1. The quantitative estimate of drug-likeness (QED) is 0.322. The summed E-state index contributed by atoms with van der Waals surface area (Å²) in [5.41, 5.74) is 5.53. The summed E-state index contributed by atoms with van der Waals surface area (Å²) >= 11 is 5.99. The minimum Gasteiger partial charge on any atom is -0.466 e. The first-order valence-corrected chi connectivity index (χ1v) is 11.3. The summed E-state index contributed by atoms with van der Waals surface area (Å²) in [6.45, 7) is 3.39. The number of nitrogens with zero attached hydrogens (tertiary/aromatic N) is 1. The lowest BCUT2D eigenvalue weighted by atomic mass is 10.2. The molecule has 182 valence electrons. The van der Waals surface area contributed by atoms with E-state index in [1.165, 1.54) is 11.6 Å². The van der Waals surface area contributed by atoms with Crippen molar-refractivity contribution in [2.45, 2.75) is 26.7 Å². The van der Waals surface area contributed by atoms with E-state index in [1.54, 1.807) is 67.6 Å². The molecule has 10 heteroatoms. The standard InChI is InChI=1S/C25H25ClN4O5/c1-3-35-23(32)15-13-21-12-14-22(17-4-6-18(26)7-5-17)30(21)29-25(34)24(33)28-20-10-8-19(9-11-20)27-16(2)31/h4-12,14H,3,13,15H2,1-2H3,(H,27,31)(H,28,33)(H,29,34). The topological polar surface area (TPSA) is 119 Å². The predicted molar refractivity (Wildman–Crippen MR) is 134 cm³/mol. The van der Waals surface area contributed by atoms with Crippen molar-refractivity contribution in [3.05, 3.63) is 71.4 Å². The minimum absolute atomic E-state index is 0.112. The molecule has 0 saturated heterocycles. The van der Waals surface area contributed by atoms with E-state index in [0.29, 0.717) is 34.2 Å². The van der Waals surface area contributed by atoms with Crippen LogP contribution in [0.2, 0.25) is 5.02 Å². The number of halogens is 1. The molecule has 1 heterocycles. The Hall–Kier alpha value is -4.11. The van der Waals surface area contributed by atoms with Gasteiger partial charge in [0.2, 0.25) is 5.91 Å². The lowest BCUT2D eigenvalue weighted by Gasteiger charge is -2.15. The summed E-state index contributed by atoms with van der Waals surface area (Å²) < 4.78 is 6.46. The molecule has 0 aliphatic heterocycles. The molecule has 0 aliphatic carbocycles. The van der Waals surface area contributed by atoms with Crippen molar-refractivity contribution in [3.8, 4) is 11.3 Å². The van der Waals surface area contributed by atoms with Gasteiger partial charge in [0.15, 0.2) is 0 Å². The number of aromatic nitrogens is 1. The molecule has 3 amide bonds. The number of carbonyl (C=O) groups is 4. The Morgan fingerprint density at radius 3 is 2.09 bits per heavy atom. The van der Waals surface area contributed by atoms with Crippen molar-refractivity contribution in [1.82, 2.24) is 4.68 Å². The Kier molecular flexibility index (Phi) is 8.63. The zero-order valence-corrected chi connectivity index (χ0v) is 20.0. The highest BCUT2D eigenvalue weighted by atomic mass is 35.5. The first kappa shape index (κ1) is 25.5. The molecule has 0 aliphatic rings. The molecule has 9 nitrogen and oxygen atoms in total. The Bertz CT molecular complexity index is 1220. The molecule has 35 heavy (non-hydrogen) atoms. The van der Waals surface area contributed by atoms with Gasteiger partial charge in [0.1, 0.15) is 0 Å². The van der Waals surface area contributed by atoms with Gasteiger partial charge in [0.05, 0.1) is 18.7 Å². The largest absolute Gasteiger partial charge is 0.466 e. The number of carbonyl (C=O) groups excluding carboxylic acids is 4. The van der Waals surface area contributed by atoms with Crippen LogP contribution in [-0.2, 0) is 30.3 Å². The van der Waals surface area contributed by atoms with E-state index in [4.69, 9.17) is 16.3 Å². The van der Waals surface area contributed by atoms with Crippen LogP contribution in [-0.4, -0.2) is 35.0 Å². The van der Waals surface area contributed by atoms with Crippen molar-refractivity contribution in [2.24, 2.45) is 0 Å². The third kappa shape index (κ3) is 7.18. The van der Waals surface area contributed by atoms with E-state index in [0.717, 1.165) is 5.56 Å². The van der Waals surface area contributed by atoms with Gasteiger partial charge in [0.25, 0.3) is 0 Å². The van der Waals surface area contributed by atoms with Crippen LogP contribution in [0.5, 0.6) is 0 Å². The summed E-state index contributed by atoms with van der Waals surface area (Å²) in [5, 5.41) is 5.70. The highest BCUT2D eigenvalue weighted by Gasteiger charge is 2.19. The summed E-state index contributed by atoms with van der Waals surface area (Å²) in [4.78, 5) is 48.3. The SMILES string of the molecule is CCOC(=O)CCc1ccc(-c2ccc(Cl)cc2)n1NC(=O)C(=O)Nc1ccc(NC(C)=O)cc1.